The third kappa shape index (κ3) is 4.09. The van der Waals surface area contributed by atoms with Crippen molar-refractivity contribution >= 4 is 52.3 Å². The molecule has 0 saturated heterocycles. The average Bonchev–Trinajstić information content (AvgIpc) is 2.88. The van der Waals surface area contributed by atoms with Gasteiger partial charge in [0.1, 0.15) is 10.7 Å². The van der Waals surface area contributed by atoms with Gasteiger partial charge >= 0.3 is 6.03 Å². The van der Waals surface area contributed by atoms with Gasteiger partial charge in [-0.25, -0.2) is 9.78 Å². The lowest BCUT2D eigenvalue weighted by atomic mass is 10.3. The van der Waals surface area contributed by atoms with Gasteiger partial charge in [0.15, 0.2) is 0 Å². The molecule has 0 aliphatic carbocycles. The van der Waals surface area contributed by atoms with Crippen molar-refractivity contribution in [3.05, 3.63) is 44.2 Å². The molecule has 0 atom stereocenters. The molecule has 2 aromatic rings. The minimum absolute atomic E-state index is 0.238. The number of hydrogen-bond acceptors (Lipinski definition) is 4. The van der Waals surface area contributed by atoms with Crippen LogP contribution in [-0.2, 0) is 6.54 Å². The maximum absolute atomic E-state index is 12.2. The third-order valence-corrected chi connectivity index (χ3v) is 4.44. The number of amides is 3. The minimum atomic E-state index is -0.365. The van der Waals surface area contributed by atoms with Gasteiger partial charge < -0.3 is 16.0 Å². The highest BCUT2D eigenvalue weighted by molar-refractivity contribution is 7.13. The van der Waals surface area contributed by atoms with E-state index in [-0.39, 0.29) is 18.5 Å². The first-order valence-corrected chi connectivity index (χ1v) is 7.79. The molecule has 2 rings (SSSR count). The predicted octanol–water partition coefficient (Wildman–Crippen LogP) is 3.13. The molecular weight excluding hydrogens is 347 g/mol. The molecule has 0 aromatic carbocycles. The van der Waals surface area contributed by atoms with Crippen LogP contribution in [-0.4, -0.2) is 24.0 Å². The summed E-state index contributed by atoms with van der Waals surface area (Å²) in [5, 5.41) is 10.2. The van der Waals surface area contributed by atoms with E-state index >= 15 is 0 Å². The van der Waals surface area contributed by atoms with E-state index in [9.17, 15) is 9.59 Å². The molecule has 22 heavy (non-hydrogen) atoms. The van der Waals surface area contributed by atoms with Gasteiger partial charge in [-0.05, 0) is 17.5 Å². The summed E-state index contributed by atoms with van der Waals surface area (Å²) in [6.07, 6.45) is 1.44. The molecule has 116 valence electrons. The van der Waals surface area contributed by atoms with Crippen molar-refractivity contribution < 1.29 is 9.59 Å². The van der Waals surface area contributed by atoms with E-state index in [1.54, 1.807) is 17.5 Å². The van der Waals surface area contributed by atoms with E-state index in [0.717, 1.165) is 0 Å². The molecule has 3 amide bonds. The first-order chi connectivity index (χ1) is 10.5. The van der Waals surface area contributed by atoms with Crippen LogP contribution in [0.2, 0.25) is 10.0 Å². The van der Waals surface area contributed by atoms with Crippen LogP contribution >= 0.6 is 34.5 Å². The Morgan fingerprint density at radius 2 is 2.09 bits per heavy atom. The average molecular weight is 359 g/mol. The number of thiophene rings is 1. The Morgan fingerprint density at radius 1 is 1.32 bits per heavy atom. The first-order valence-electron chi connectivity index (χ1n) is 6.15. The Labute approximate surface area is 140 Å². The molecule has 0 unspecified atom stereocenters. The zero-order valence-electron chi connectivity index (χ0n) is 11.4. The molecule has 0 bridgehead atoms. The van der Waals surface area contributed by atoms with Crippen LogP contribution in [0.4, 0.5) is 10.6 Å². The Bertz CT molecular complexity index is 688. The Hall–Kier alpha value is -1.83. The van der Waals surface area contributed by atoms with Crippen LogP contribution in [0.15, 0.2) is 23.7 Å². The first kappa shape index (κ1) is 16.5. The number of nitrogens with zero attached hydrogens (tertiary/aromatic N) is 1. The maximum Gasteiger partial charge on any atom is 0.314 e. The second-order valence-electron chi connectivity index (χ2n) is 4.15. The minimum Gasteiger partial charge on any atom is -0.341 e. The van der Waals surface area contributed by atoms with Gasteiger partial charge in [0.05, 0.1) is 10.0 Å². The van der Waals surface area contributed by atoms with Crippen LogP contribution in [0.25, 0.3) is 0 Å². The summed E-state index contributed by atoms with van der Waals surface area (Å²) in [5.74, 6) is 0.0138. The van der Waals surface area contributed by atoms with Crippen LogP contribution in [0.5, 0.6) is 0 Å². The fourth-order valence-electron chi connectivity index (χ4n) is 1.54. The molecule has 3 N–H and O–H groups in total. The molecule has 2 heterocycles. The van der Waals surface area contributed by atoms with Crippen molar-refractivity contribution in [2.45, 2.75) is 6.54 Å². The second-order valence-corrected chi connectivity index (χ2v) is 5.85. The summed E-state index contributed by atoms with van der Waals surface area (Å²) in [6.45, 7) is 0.238. The second kappa shape index (κ2) is 7.44. The van der Waals surface area contributed by atoms with Gasteiger partial charge in [-0.2, -0.15) is 0 Å². The lowest BCUT2D eigenvalue weighted by molar-refractivity contribution is 0.103. The number of pyridine rings is 1. The van der Waals surface area contributed by atoms with Crippen molar-refractivity contribution in [3.63, 3.8) is 0 Å². The number of carbonyl (C=O) groups excluding carboxylic acids is 2. The molecule has 0 spiro atoms. The number of nitrogens with one attached hydrogen (secondary N) is 3. The molecule has 2 aromatic heterocycles. The van der Waals surface area contributed by atoms with E-state index in [1.807, 2.05) is 0 Å². The van der Waals surface area contributed by atoms with Gasteiger partial charge in [-0.1, -0.05) is 23.2 Å². The van der Waals surface area contributed by atoms with Crippen molar-refractivity contribution in [2.75, 3.05) is 12.4 Å². The van der Waals surface area contributed by atoms with Gasteiger partial charge in [0.2, 0.25) is 0 Å². The van der Waals surface area contributed by atoms with E-state index in [4.69, 9.17) is 23.2 Å². The summed E-state index contributed by atoms with van der Waals surface area (Å²) in [5.41, 5.74) is 0.671. The van der Waals surface area contributed by atoms with Crippen molar-refractivity contribution in [1.82, 2.24) is 15.6 Å². The smallest absolute Gasteiger partial charge is 0.314 e. The van der Waals surface area contributed by atoms with E-state index in [1.165, 1.54) is 24.6 Å². The monoisotopic (exact) mass is 358 g/mol. The lowest BCUT2D eigenvalue weighted by Gasteiger charge is -2.05. The van der Waals surface area contributed by atoms with E-state index < -0.39 is 0 Å². The standard InChI is InChI=1S/C13H12Cl2N4O2S/c1-16-13(21)18-4-7-6-22-11(10(7)15)12(20)19-9-3-2-8(14)5-17-9/h2-3,5-6H,4H2,1H3,(H2,16,18,21)(H,17,19,20). The van der Waals surface area contributed by atoms with Gasteiger partial charge in [0, 0.05) is 25.4 Å². The Morgan fingerprint density at radius 3 is 2.73 bits per heavy atom. The van der Waals surface area contributed by atoms with Crippen LogP contribution in [0.3, 0.4) is 0 Å². The highest BCUT2D eigenvalue weighted by atomic mass is 35.5. The summed E-state index contributed by atoms with van der Waals surface area (Å²) in [6, 6.07) is 2.90. The molecular formula is C13H12Cl2N4O2S. The zero-order chi connectivity index (χ0) is 16.1. The highest BCUT2D eigenvalue weighted by Gasteiger charge is 2.17. The van der Waals surface area contributed by atoms with Gasteiger partial charge in [0.25, 0.3) is 5.91 Å². The topological polar surface area (TPSA) is 83.1 Å². The fraction of sp³-hybridized carbons (Fsp3) is 0.154. The maximum atomic E-state index is 12.2. The van der Waals surface area contributed by atoms with Crippen LogP contribution in [0.1, 0.15) is 15.2 Å². The summed E-state index contributed by atoms with van der Waals surface area (Å²) in [4.78, 5) is 27.7. The molecule has 0 aliphatic rings. The van der Waals surface area contributed by atoms with E-state index in [2.05, 4.69) is 20.9 Å². The zero-order valence-corrected chi connectivity index (χ0v) is 13.8. The number of anilines is 1. The fourth-order valence-corrected chi connectivity index (χ4v) is 2.91. The molecule has 0 fully saturated rings. The van der Waals surface area contributed by atoms with Crippen molar-refractivity contribution in [2.24, 2.45) is 0 Å². The Kier molecular flexibility index (Phi) is 5.59. The summed E-state index contributed by atoms with van der Waals surface area (Å²) in [7, 11) is 1.52. The molecule has 0 radical (unpaired) electrons. The Balaban J connectivity index is 2.05. The van der Waals surface area contributed by atoms with Gasteiger partial charge in [-0.15, -0.1) is 11.3 Å². The van der Waals surface area contributed by atoms with Crippen molar-refractivity contribution in [1.29, 1.82) is 0 Å². The third-order valence-electron chi connectivity index (χ3n) is 2.64. The van der Waals surface area contributed by atoms with Crippen LogP contribution in [0, 0.1) is 0 Å². The SMILES string of the molecule is CNC(=O)NCc1csc(C(=O)Nc2ccc(Cl)cn2)c1Cl. The number of hydrogen-bond donors (Lipinski definition) is 3. The predicted molar refractivity (Wildman–Crippen MR) is 87.8 cm³/mol. The lowest BCUT2D eigenvalue weighted by Crippen LogP contribution is -2.32. The van der Waals surface area contributed by atoms with Gasteiger partial charge in [-0.3, -0.25) is 4.79 Å². The summed E-state index contributed by atoms with van der Waals surface area (Å²) < 4.78 is 0. The summed E-state index contributed by atoms with van der Waals surface area (Å²) >= 11 is 13.1. The molecule has 0 aliphatic heterocycles. The number of rotatable bonds is 4. The quantitative estimate of drug-likeness (QED) is 0.784. The number of halogens is 2. The van der Waals surface area contributed by atoms with Crippen molar-refractivity contribution in [3.8, 4) is 0 Å². The normalized spacial score (nSPS) is 10.1. The van der Waals surface area contributed by atoms with E-state index in [0.29, 0.717) is 26.3 Å². The molecule has 9 heteroatoms. The largest absolute Gasteiger partial charge is 0.341 e. The molecule has 0 saturated carbocycles. The number of carbonyl (C=O) groups is 2. The van der Waals surface area contributed by atoms with Crippen LogP contribution < -0.4 is 16.0 Å². The highest BCUT2D eigenvalue weighted by Crippen LogP contribution is 2.28. The number of urea groups is 1. The number of aromatic nitrogens is 1. The molecule has 6 nitrogen and oxygen atoms in total.